The fraction of sp³-hybridized carbons (Fsp3) is 0.812. The molecule has 126 valence electrons. The van der Waals surface area contributed by atoms with E-state index in [1.807, 2.05) is 0 Å². The predicted octanol–water partition coefficient (Wildman–Crippen LogP) is 2.54. The summed E-state index contributed by atoms with van der Waals surface area (Å²) >= 11 is 0. The summed E-state index contributed by atoms with van der Waals surface area (Å²) in [5.74, 6) is -0.0672. The Hall–Kier alpha value is -1.59. The SMILES string of the molecule is COC(=O)C1CC(CCCC(C)=O)CN1C(=O)OC(C)(C)C. The number of likely N-dealkylation sites (tertiary alicyclic amines) is 1. The van der Waals surface area contributed by atoms with E-state index in [1.165, 1.54) is 12.0 Å². The molecule has 0 aromatic carbocycles. The van der Waals surface area contributed by atoms with Crippen LogP contribution in [-0.2, 0) is 19.1 Å². The van der Waals surface area contributed by atoms with Crippen molar-refractivity contribution in [2.45, 2.75) is 65.0 Å². The van der Waals surface area contributed by atoms with Gasteiger partial charge >= 0.3 is 12.1 Å². The molecule has 0 aromatic rings. The molecule has 0 aliphatic carbocycles. The highest BCUT2D eigenvalue weighted by Crippen LogP contribution is 2.29. The highest BCUT2D eigenvalue weighted by Gasteiger charge is 2.41. The molecule has 1 saturated heterocycles. The molecule has 6 nitrogen and oxygen atoms in total. The van der Waals surface area contributed by atoms with Gasteiger partial charge in [0.05, 0.1) is 7.11 Å². The number of methoxy groups -OCH3 is 1. The third-order valence-corrected chi connectivity index (χ3v) is 3.63. The van der Waals surface area contributed by atoms with Crippen molar-refractivity contribution < 1.29 is 23.9 Å². The average Bonchev–Trinajstić information content (AvgIpc) is 2.79. The molecular formula is C16H27NO5. The molecule has 2 unspecified atom stereocenters. The molecule has 1 rings (SSSR count). The maximum absolute atomic E-state index is 12.3. The molecule has 0 saturated carbocycles. The summed E-state index contributed by atoms with van der Waals surface area (Å²) < 4.78 is 10.2. The molecule has 22 heavy (non-hydrogen) atoms. The lowest BCUT2D eigenvalue weighted by molar-refractivity contribution is -0.145. The van der Waals surface area contributed by atoms with Gasteiger partial charge in [-0.3, -0.25) is 4.90 Å². The van der Waals surface area contributed by atoms with E-state index in [2.05, 4.69) is 0 Å². The van der Waals surface area contributed by atoms with Crippen molar-refractivity contribution in [1.29, 1.82) is 0 Å². The minimum Gasteiger partial charge on any atom is -0.467 e. The number of amides is 1. The first-order valence-electron chi connectivity index (χ1n) is 7.71. The second-order valence-electron chi connectivity index (χ2n) is 6.87. The smallest absolute Gasteiger partial charge is 0.411 e. The van der Waals surface area contributed by atoms with Crippen LogP contribution in [0.5, 0.6) is 0 Å². The van der Waals surface area contributed by atoms with Crippen LogP contribution >= 0.6 is 0 Å². The first-order valence-corrected chi connectivity index (χ1v) is 7.71. The summed E-state index contributed by atoms with van der Waals surface area (Å²) in [6.07, 6.45) is 2.19. The van der Waals surface area contributed by atoms with Gasteiger partial charge in [0.1, 0.15) is 17.4 Å². The van der Waals surface area contributed by atoms with Gasteiger partial charge in [-0.05, 0) is 52.9 Å². The van der Waals surface area contributed by atoms with Crippen LogP contribution in [0.15, 0.2) is 0 Å². The molecule has 0 aromatic heterocycles. The Morgan fingerprint density at radius 2 is 1.86 bits per heavy atom. The number of carbonyl (C=O) groups is 3. The monoisotopic (exact) mass is 313 g/mol. The van der Waals surface area contributed by atoms with E-state index >= 15 is 0 Å². The van der Waals surface area contributed by atoms with Crippen molar-refractivity contribution in [2.24, 2.45) is 5.92 Å². The van der Waals surface area contributed by atoms with Crippen LogP contribution in [0.2, 0.25) is 0 Å². The van der Waals surface area contributed by atoms with Crippen LogP contribution in [0.3, 0.4) is 0 Å². The molecule has 2 atom stereocenters. The Kier molecular flexibility index (Phi) is 6.38. The Labute approximate surface area is 132 Å². The minimum atomic E-state index is -0.607. The number of nitrogens with zero attached hydrogens (tertiary/aromatic N) is 1. The molecule has 0 radical (unpaired) electrons. The number of ether oxygens (including phenoxy) is 2. The third kappa shape index (κ3) is 5.66. The van der Waals surface area contributed by atoms with Crippen LogP contribution in [0, 0.1) is 5.92 Å². The number of hydrogen-bond acceptors (Lipinski definition) is 5. The second-order valence-corrected chi connectivity index (χ2v) is 6.87. The van der Waals surface area contributed by atoms with Crippen LogP contribution in [0.25, 0.3) is 0 Å². The predicted molar refractivity (Wildman–Crippen MR) is 81.4 cm³/mol. The third-order valence-electron chi connectivity index (χ3n) is 3.63. The normalized spacial score (nSPS) is 21.6. The summed E-state index contributed by atoms with van der Waals surface area (Å²) in [7, 11) is 1.32. The van der Waals surface area contributed by atoms with Crippen LogP contribution in [-0.4, -0.2) is 48.0 Å². The van der Waals surface area contributed by atoms with Crippen molar-refractivity contribution in [3.63, 3.8) is 0 Å². The zero-order chi connectivity index (χ0) is 16.9. The van der Waals surface area contributed by atoms with Gasteiger partial charge in [-0.15, -0.1) is 0 Å². The minimum absolute atomic E-state index is 0.159. The van der Waals surface area contributed by atoms with Gasteiger partial charge in [-0.2, -0.15) is 0 Å². The first kappa shape index (κ1) is 18.5. The lowest BCUT2D eigenvalue weighted by atomic mass is 9.98. The van der Waals surface area contributed by atoms with E-state index in [0.717, 1.165) is 12.8 Å². The zero-order valence-corrected chi connectivity index (χ0v) is 14.2. The number of carbonyl (C=O) groups excluding carboxylic acids is 3. The van der Waals surface area contributed by atoms with Gasteiger partial charge < -0.3 is 14.3 Å². The largest absolute Gasteiger partial charge is 0.467 e. The van der Waals surface area contributed by atoms with E-state index in [0.29, 0.717) is 19.4 Å². The number of Topliss-reactive ketones (excluding diaryl/α,β-unsaturated/α-hetero) is 1. The Balaban J connectivity index is 2.69. The van der Waals surface area contributed by atoms with E-state index < -0.39 is 23.7 Å². The summed E-state index contributed by atoms with van der Waals surface area (Å²) in [6.45, 7) is 7.40. The number of esters is 1. The molecule has 1 heterocycles. The molecule has 1 fully saturated rings. The summed E-state index contributed by atoms with van der Waals surface area (Å²) in [6, 6.07) is -0.595. The lowest BCUT2D eigenvalue weighted by Crippen LogP contribution is -2.43. The molecule has 0 N–H and O–H groups in total. The molecule has 1 aliphatic rings. The van der Waals surface area contributed by atoms with Crippen molar-refractivity contribution in [2.75, 3.05) is 13.7 Å². The van der Waals surface area contributed by atoms with Crippen LogP contribution in [0.4, 0.5) is 4.79 Å². The van der Waals surface area contributed by atoms with E-state index in [9.17, 15) is 14.4 Å². The number of rotatable bonds is 5. The Morgan fingerprint density at radius 3 is 2.36 bits per heavy atom. The number of ketones is 1. The van der Waals surface area contributed by atoms with Gasteiger partial charge in [0.2, 0.25) is 0 Å². The highest BCUT2D eigenvalue weighted by molar-refractivity contribution is 5.82. The fourth-order valence-corrected chi connectivity index (χ4v) is 2.65. The summed E-state index contributed by atoms with van der Waals surface area (Å²) in [4.78, 5) is 36.6. The van der Waals surface area contributed by atoms with Crippen molar-refractivity contribution >= 4 is 17.8 Å². The van der Waals surface area contributed by atoms with Crippen molar-refractivity contribution in [3.8, 4) is 0 Å². The van der Waals surface area contributed by atoms with Gasteiger partial charge in [0.15, 0.2) is 0 Å². The Bertz CT molecular complexity index is 427. The fourth-order valence-electron chi connectivity index (χ4n) is 2.65. The standard InChI is InChI=1S/C16H27NO5/c1-11(18)7-6-8-12-9-13(14(19)21-5)17(10-12)15(20)22-16(2,3)4/h12-13H,6-10H2,1-5H3. The number of hydrogen-bond donors (Lipinski definition) is 0. The van der Waals surface area contributed by atoms with Crippen LogP contribution in [0.1, 0.15) is 53.4 Å². The molecule has 1 amide bonds. The maximum Gasteiger partial charge on any atom is 0.411 e. The Morgan fingerprint density at radius 1 is 1.23 bits per heavy atom. The van der Waals surface area contributed by atoms with E-state index in [4.69, 9.17) is 9.47 Å². The van der Waals surface area contributed by atoms with E-state index in [1.54, 1.807) is 27.7 Å². The summed E-state index contributed by atoms with van der Waals surface area (Å²) in [5.41, 5.74) is -0.607. The highest BCUT2D eigenvalue weighted by atomic mass is 16.6. The molecule has 6 heteroatoms. The van der Waals surface area contributed by atoms with Gasteiger partial charge in [0.25, 0.3) is 0 Å². The molecule has 0 spiro atoms. The van der Waals surface area contributed by atoms with Crippen molar-refractivity contribution in [3.05, 3.63) is 0 Å². The lowest BCUT2D eigenvalue weighted by Gasteiger charge is -2.27. The average molecular weight is 313 g/mol. The van der Waals surface area contributed by atoms with Crippen molar-refractivity contribution in [1.82, 2.24) is 4.90 Å². The summed E-state index contributed by atoms with van der Waals surface area (Å²) in [5, 5.41) is 0. The molecular weight excluding hydrogens is 286 g/mol. The van der Waals surface area contributed by atoms with Crippen LogP contribution < -0.4 is 0 Å². The first-order chi connectivity index (χ1) is 10.1. The second kappa shape index (κ2) is 7.61. The quantitative estimate of drug-likeness (QED) is 0.729. The van der Waals surface area contributed by atoms with E-state index in [-0.39, 0.29) is 11.7 Å². The topological polar surface area (TPSA) is 72.9 Å². The molecule has 0 bridgehead atoms. The van der Waals surface area contributed by atoms with Gasteiger partial charge in [0, 0.05) is 13.0 Å². The van der Waals surface area contributed by atoms with Gasteiger partial charge in [-0.1, -0.05) is 0 Å². The molecule has 1 aliphatic heterocycles. The van der Waals surface area contributed by atoms with Gasteiger partial charge in [-0.25, -0.2) is 9.59 Å². The maximum atomic E-state index is 12.3. The zero-order valence-electron chi connectivity index (χ0n) is 14.2.